The van der Waals surface area contributed by atoms with Crippen molar-refractivity contribution >= 4 is 34.6 Å². The van der Waals surface area contributed by atoms with Crippen LogP contribution in [0.15, 0.2) is 34.0 Å². The number of rotatable bonds is 7. The van der Waals surface area contributed by atoms with E-state index in [-0.39, 0.29) is 33.6 Å². The van der Waals surface area contributed by atoms with Crippen LogP contribution in [0.3, 0.4) is 0 Å². The first kappa shape index (κ1) is 24.2. The first-order valence-corrected chi connectivity index (χ1v) is 12.0. The van der Waals surface area contributed by atoms with Crippen molar-refractivity contribution in [2.24, 2.45) is 17.3 Å². The second kappa shape index (κ2) is 8.55. The summed E-state index contributed by atoms with van der Waals surface area (Å²) in [6.45, 7) is 2.02. The number of hydrogen-bond donors (Lipinski definition) is 3. The lowest BCUT2D eigenvalue weighted by molar-refractivity contribution is 0.0819. The van der Waals surface area contributed by atoms with Gasteiger partial charge in [0.25, 0.3) is 16.8 Å². The number of fused-ring (bicyclic) bond motifs is 1. The Morgan fingerprint density at radius 3 is 2.53 bits per heavy atom. The molecule has 5 rings (SSSR count). The fourth-order valence-electron chi connectivity index (χ4n) is 5.39. The van der Waals surface area contributed by atoms with E-state index in [9.17, 15) is 23.9 Å². The van der Waals surface area contributed by atoms with Crippen LogP contribution in [0.2, 0.25) is 5.15 Å². The molecule has 2 aromatic heterocycles. The normalized spacial score (nSPS) is 23.2. The van der Waals surface area contributed by atoms with E-state index in [0.29, 0.717) is 11.8 Å². The smallest absolute Gasteiger partial charge is 0.275 e. The Kier molecular flexibility index (Phi) is 5.74. The van der Waals surface area contributed by atoms with E-state index in [1.165, 1.54) is 43.4 Å². The summed E-state index contributed by atoms with van der Waals surface area (Å²) < 4.78 is 15.0. The van der Waals surface area contributed by atoms with Gasteiger partial charge in [-0.05, 0) is 54.7 Å². The monoisotopic (exact) mass is 513 g/mol. The van der Waals surface area contributed by atoms with Crippen LogP contribution >= 0.6 is 11.6 Å². The molecule has 2 aliphatic rings. The lowest BCUT2D eigenvalue weighted by Crippen LogP contribution is -2.41. The van der Waals surface area contributed by atoms with Crippen molar-refractivity contribution in [3.8, 4) is 5.75 Å². The van der Waals surface area contributed by atoms with Gasteiger partial charge in [-0.2, -0.15) is 0 Å². The molecule has 3 atom stereocenters. The van der Waals surface area contributed by atoms with Crippen LogP contribution in [0.4, 0.5) is 21.5 Å². The van der Waals surface area contributed by atoms with Gasteiger partial charge in [-0.1, -0.05) is 18.5 Å². The number of hydrogen-bond acceptors (Lipinski definition) is 8. The summed E-state index contributed by atoms with van der Waals surface area (Å²) in [7, 11) is 3.03. The molecule has 2 fully saturated rings. The van der Waals surface area contributed by atoms with E-state index >= 15 is 0 Å². The molecule has 2 heterocycles. The van der Waals surface area contributed by atoms with Crippen LogP contribution < -0.4 is 21.5 Å². The zero-order valence-corrected chi connectivity index (χ0v) is 20.7. The van der Waals surface area contributed by atoms with Gasteiger partial charge in [0.05, 0.1) is 11.7 Å². The molecule has 0 spiro atoms. The number of halogens is 2. The largest absolute Gasteiger partial charge is 0.504 e. The molecule has 0 aliphatic heterocycles. The molecule has 36 heavy (non-hydrogen) atoms. The minimum Gasteiger partial charge on any atom is -0.504 e. The van der Waals surface area contributed by atoms with E-state index in [4.69, 9.17) is 11.6 Å². The zero-order chi connectivity index (χ0) is 25.9. The molecular formula is C25H25ClFN5O4. The highest BCUT2D eigenvalue weighted by Crippen LogP contribution is 2.63. The van der Waals surface area contributed by atoms with Gasteiger partial charge in [0, 0.05) is 20.3 Å². The van der Waals surface area contributed by atoms with Crippen LogP contribution in [0.5, 0.6) is 5.75 Å². The fraction of sp³-hybridized carbons (Fsp3) is 0.400. The van der Waals surface area contributed by atoms with Crippen molar-refractivity contribution in [2.75, 3.05) is 24.7 Å². The average molecular weight is 514 g/mol. The predicted octanol–water partition coefficient (Wildman–Crippen LogP) is 3.61. The quantitative estimate of drug-likeness (QED) is 0.323. The molecule has 1 aromatic carbocycles. The highest BCUT2D eigenvalue weighted by molar-refractivity contribution is 6.29. The van der Waals surface area contributed by atoms with Crippen molar-refractivity contribution in [1.82, 2.24) is 14.9 Å². The molecule has 9 nitrogen and oxygen atoms in total. The molecule has 3 unspecified atom stereocenters. The number of pyridine rings is 2. The minimum atomic E-state index is -0.799. The molecule has 3 aromatic rings. The lowest BCUT2D eigenvalue weighted by Gasteiger charge is -2.37. The average Bonchev–Trinajstić information content (AvgIpc) is 3.46. The van der Waals surface area contributed by atoms with Crippen molar-refractivity contribution in [3.05, 3.63) is 67.2 Å². The van der Waals surface area contributed by atoms with Crippen molar-refractivity contribution < 1.29 is 14.3 Å². The zero-order valence-electron chi connectivity index (χ0n) is 19.9. The summed E-state index contributed by atoms with van der Waals surface area (Å²) >= 11 is 6.09. The number of aromatic hydroxyl groups is 1. The molecule has 2 aliphatic carbocycles. The first-order chi connectivity index (χ1) is 17.0. The predicted molar refractivity (Wildman–Crippen MR) is 133 cm³/mol. The first-order valence-electron chi connectivity index (χ1n) is 11.6. The second-order valence-electron chi connectivity index (χ2n) is 10.2. The number of amides is 1. The van der Waals surface area contributed by atoms with Crippen LogP contribution in [-0.4, -0.2) is 40.0 Å². The fourth-order valence-corrected chi connectivity index (χ4v) is 5.54. The third-order valence-electron chi connectivity index (χ3n) is 7.33. The summed E-state index contributed by atoms with van der Waals surface area (Å²) in [4.78, 5) is 46.9. The minimum absolute atomic E-state index is 0.0299. The highest BCUT2D eigenvalue weighted by atomic mass is 35.5. The number of aromatic nitrogens is 2. The van der Waals surface area contributed by atoms with Gasteiger partial charge in [0.2, 0.25) is 0 Å². The van der Waals surface area contributed by atoms with Gasteiger partial charge in [-0.25, -0.2) is 14.4 Å². The second-order valence-corrected chi connectivity index (χ2v) is 10.6. The number of carbonyl (C=O) groups is 1. The Balaban J connectivity index is 1.51. The Hall–Kier alpha value is -3.53. The number of anilines is 3. The summed E-state index contributed by atoms with van der Waals surface area (Å²) in [5.41, 5.74) is -2.22. The van der Waals surface area contributed by atoms with Crippen LogP contribution in [0.25, 0.3) is 0 Å². The van der Waals surface area contributed by atoms with Crippen LogP contribution in [0.1, 0.15) is 48.4 Å². The lowest BCUT2D eigenvalue weighted by atomic mass is 9.76. The summed E-state index contributed by atoms with van der Waals surface area (Å²) in [5.74, 6) is -0.459. The number of carbonyl (C=O) groups excluding carboxylic acids is 1. The number of nitrogens with one attached hydrogen (secondary N) is 2. The van der Waals surface area contributed by atoms with Gasteiger partial charge in [0.15, 0.2) is 11.4 Å². The Morgan fingerprint density at radius 2 is 1.86 bits per heavy atom. The molecule has 1 amide bonds. The standard InChI is InChI=1S/C25H25ClFN5O4/c1-25(9-11-8-12(11)10-25)23(16-13(27)4-5-15(26)30-16)31-18-17(21(34)22(18)35)29-14-6-7-28-19(20(14)33)24(36)32(2)3/h4-7,11-12,23,31,33H,8-10H2,1-3H3,(H,28,29). The summed E-state index contributed by atoms with van der Waals surface area (Å²) in [6, 6.07) is 3.25. The van der Waals surface area contributed by atoms with Gasteiger partial charge in [0.1, 0.15) is 28.0 Å². The molecule has 0 saturated heterocycles. The molecule has 0 radical (unpaired) electrons. The molecule has 3 N–H and O–H groups in total. The van der Waals surface area contributed by atoms with E-state index in [0.717, 1.165) is 19.3 Å². The van der Waals surface area contributed by atoms with Gasteiger partial charge in [-0.3, -0.25) is 14.4 Å². The highest BCUT2D eigenvalue weighted by Gasteiger charge is 2.55. The molecular weight excluding hydrogens is 489 g/mol. The molecule has 188 valence electrons. The van der Waals surface area contributed by atoms with E-state index in [2.05, 4.69) is 20.6 Å². The third-order valence-corrected chi connectivity index (χ3v) is 7.54. The Labute approximate surface area is 211 Å². The van der Waals surface area contributed by atoms with Gasteiger partial charge in [-0.15, -0.1) is 0 Å². The van der Waals surface area contributed by atoms with Gasteiger partial charge < -0.3 is 20.6 Å². The Morgan fingerprint density at radius 1 is 1.19 bits per heavy atom. The maximum atomic E-state index is 15.0. The van der Waals surface area contributed by atoms with E-state index < -0.39 is 39.8 Å². The molecule has 0 bridgehead atoms. The van der Waals surface area contributed by atoms with Crippen molar-refractivity contribution in [2.45, 2.75) is 32.2 Å². The van der Waals surface area contributed by atoms with E-state index in [1.807, 2.05) is 6.92 Å². The third kappa shape index (κ3) is 3.99. The summed E-state index contributed by atoms with van der Waals surface area (Å²) in [6.07, 6.45) is 4.08. The van der Waals surface area contributed by atoms with Gasteiger partial charge >= 0.3 is 0 Å². The summed E-state index contributed by atoms with van der Waals surface area (Å²) in [5, 5.41) is 16.6. The topological polar surface area (TPSA) is 125 Å². The molecule has 2 saturated carbocycles. The van der Waals surface area contributed by atoms with Crippen LogP contribution in [-0.2, 0) is 0 Å². The maximum absolute atomic E-state index is 15.0. The Bertz CT molecular complexity index is 1440. The number of nitrogens with zero attached hydrogens (tertiary/aromatic N) is 3. The van der Waals surface area contributed by atoms with E-state index in [1.54, 1.807) is 0 Å². The van der Waals surface area contributed by atoms with Crippen LogP contribution in [0, 0.1) is 23.1 Å². The van der Waals surface area contributed by atoms with Crippen molar-refractivity contribution in [1.29, 1.82) is 0 Å². The molecule has 11 heteroatoms. The maximum Gasteiger partial charge on any atom is 0.275 e. The SMILES string of the molecule is CN(C)C(=O)c1nccc(Nc2c(NC(c3nc(Cl)ccc3F)C3(C)CC4CC4C3)c(=O)c2=O)c1O. The van der Waals surface area contributed by atoms with Crippen molar-refractivity contribution in [3.63, 3.8) is 0 Å².